The van der Waals surface area contributed by atoms with E-state index in [0.717, 1.165) is 29.8 Å². The van der Waals surface area contributed by atoms with Crippen molar-refractivity contribution in [2.45, 2.75) is 44.9 Å². The number of aryl methyl sites for hydroxylation is 1. The van der Waals surface area contributed by atoms with E-state index in [1.165, 1.54) is 18.4 Å². The highest BCUT2D eigenvalue weighted by molar-refractivity contribution is 6.20. The van der Waals surface area contributed by atoms with Crippen LogP contribution in [0.5, 0.6) is 5.75 Å². The van der Waals surface area contributed by atoms with E-state index in [-0.39, 0.29) is 0 Å². The third-order valence-corrected chi connectivity index (χ3v) is 4.35. The molecule has 0 bridgehead atoms. The molecule has 0 spiro atoms. The van der Waals surface area contributed by atoms with Gasteiger partial charge in [-0.1, -0.05) is 6.42 Å². The Morgan fingerprint density at radius 1 is 1.41 bits per heavy atom. The van der Waals surface area contributed by atoms with Gasteiger partial charge in [0.15, 0.2) is 0 Å². The maximum absolute atomic E-state index is 6.33. The number of hydrogen-bond acceptors (Lipinski definition) is 2. The number of halogens is 1. The van der Waals surface area contributed by atoms with E-state index in [1.807, 2.05) is 13.1 Å². The number of hydrogen-bond donors (Lipinski definition) is 0. The first-order valence-electron chi connectivity index (χ1n) is 6.26. The van der Waals surface area contributed by atoms with Gasteiger partial charge in [0.1, 0.15) is 5.75 Å². The van der Waals surface area contributed by atoms with Gasteiger partial charge in [-0.3, -0.25) is 4.98 Å². The van der Waals surface area contributed by atoms with Crippen LogP contribution in [-0.2, 0) is 6.42 Å². The normalized spacial score (nSPS) is 24.0. The molecule has 2 nitrogen and oxygen atoms in total. The van der Waals surface area contributed by atoms with Gasteiger partial charge in [0.25, 0.3) is 0 Å². The molecule has 1 saturated carbocycles. The van der Waals surface area contributed by atoms with Crippen LogP contribution in [0, 0.1) is 19.8 Å². The van der Waals surface area contributed by atoms with Crippen molar-refractivity contribution in [1.82, 2.24) is 4.98 Å². The fourth-order valence-electron chi connectivity index (χ4n) is 2.75. The molecule has 1 aliphatic carbocycles. The third-order valence-electron chi connectivity index (χ3n) is 3.77. The maximum atomic E-state index is 6.33. The fraction of sp³-hybridized carbons (Fsp3) is 0.643. The molecule has 1 aliphatic rings. The monoisotopic (exact) mass is 253 g/mol. The molecule has 0 saturated heterocycles. The van der Waals surface area contributed by atoms with Gasteiger partial charge < -0.3 is 4.74 Å². The molecule has 3 heteroatoms. The van der Waals surface area contributed by atoms with E-state index in [9.17, 15) is 0 Å². The number of rotatable bonds is 3. The van der Waals surface area contributed by atoms with E-state index in [2.05, 4.69) is 11.9 Å². The summed E-state index contributed by atoms with van der Waals surface area (Å²) in [5.41, 5.74) is 3.41. The SMILES string of the molecule is COc1c(C)cnc(CC2CCCC2Cl)c1C. The standard InChI is InChI=1S/C14H20ClNO/c1-9-8-16-13(10(2)14(9)17-3)7-11-5-4-6-12(11)15/h8,11-12H,4-7H2,1-3H3. The molecule has 0 radical (unpaired) electrons. The number of alkyl halides is 1. The molecule has 1 heterocycles. The van der Waals surface area contributed by atoms with Crippen LogP contribution < -0.4 is 4.74 Å². The zero-order valence-electron chi connectivity index (χ0n) is 10.8. The van der Waals surface area contributed by atoms with Crippen LogP contribution >= 0.6 is 11.6 Å². The van der Waals surface area contributed by atoms with Crippen LogP contribution in [0.2, 0.25) is 0 Å². The average Bonchev–Trinajstić information content (AvgIpc) is 2.69. The molecule has 94 valence electrons. The number of pyridine rings is 1. The van der Waals surface area contributed by atoms with Gasteiger partial charge in [0, 0.05) is 28.4 Å². The van der Waals surface area contributed by atoms with Crippen molar-refractivity contribution in [1.29, 1.82) is 0 Å². The summed E-state index contributed by atoms with van der Waals surface area (Å²) < 4.78 is 5.43. The van der Waals surface area contributed by atoms with Gasteiger partial charge >= 0.3 is 0 Å². The fourth-order valence-corrected chi connectivity index (χ4v) is 3.12. The van der Waals surface area contributed by atoms with Crippen molar-refractivity contribution in [3.63, 3.8) is 0 Å². The molecule has 2 atom stereocenters. The number of aromatic nitrogens is 1. The van der Waals surface area contributed by atoms with E-state index >= 15 is 0 Å². The Morgan fingerprint density at radius 2 is 2.18 bits per heavy atom. The minimum Gasteiger partial charge on any atom is -0.496 e. The Labute approximate surface area is 108 Å². The Hall–Kier alpha value is -0.760. The molecule has 0 aromatic carbocycles. The first-order chi connectivity index (χ1) is 8.13. The molecule has 0 amide bonds. The highest BCUT2D eigenvalue weighted by Gasteiger charge is 2.26. The Balaban J connectivity index is 2.21. The second-order valence-corrected chi connectivity index (χ2v) is 5.52. The van der Waals surface area contributed by atoms with Crippen molar-refractivity contribution in [2.75, 3.05) is 7.11 Å². The summed E-state index contributed by atoms with van der Waals surface area (Å²) in [6, 6.07) is 0. The van der Waals surface area contributed by atoms with Crippen LogP contribution in [0.1, 0.15) is 36.1 Å². The molecule has 1 fully saturated rings. The topological polar surface area (TPSA) is 22.1 Å². The van der Waals surface area contributed by atoms with Crippen molar-refractivity contribution in [3.05, 3.63) is 23.0 Å². The van der Waals surface area contributed by atoms with Crippen LogP contribution in [0.4, 0.5) is 0 Å². The smallest absolute Gasteiger partial charge is 0.128 e. The van der Waals surface area contributed by atoms with Crippen LogP contribution in [-0.4, -0.2) is 17.5 Å². The van der Waals surface area contributed by atoms with Gasteiger partial charge in [0.2, 0.25) is 0 Å². The summed E-state index contributed by atoms with van der Waals surface area (Å²) in [5, 5.41) is 0.323. The molecule has 0 N–H and O–H groups in total. The summed E-state index contributed by atoms with van der Waals surface area (Å²) in [4.78, 5) is 4.55. The molecule has 2 rings (SSSR count). The number of nitrogens with zero attached hydrogens (tertiary/aromatic N) is 1. The van der Waals surface area contributed by atoms with Crippen LogP contribution in [0.15, 0.2) is 6.20 Å². The zero-order valence-corrected chi connectivity index (χ0v) is 11.5. The third kappa shape index (κ3) is 2.57. The average molecular weight is 254 g/mol. The summed E-state index contributed by atoms with van der Waals surface area (Å²) in [7, 11) is 1.72. The van der Waals surface area contributed by atoms with Gasteiger partial charge in [-0.25, -0.2) is 0 Å². The lowest BCUT2D eigenvalue weighted by Gasteiger charge is -2.17. The molecule has 17 heavy (non-hydrogen) atoms. The minimum absolute atomic E-state index is 0.323. The second kappa shape index (κ2) is 5.26. The summed E-state index contributed by atoms with van der Waals surface area (Å²) in [6.45, 7) is 4.12. The van der Waals surface area contributed by atoms with E-state index in [4.69, 9.17) is 16.3 Å². The van der Waals surface area contributed by atoms with Crippen molar-refractivity contribution >= 4 is 11.6 Å². The van der Waals surface area contributed by atoms with E-state index in [0.29, 0.717) is 11.3 Å². The lowest BCUT2D eigenvalue weighted by Crippen LogP contribution is -2.12. The molecule has 1 aromatic heterocycles. The predicted molar refractivity (Wildman–Crippen MR) is 70.9 cm³/mol. The van der Waals surface area contributed by atoms with Gasteiger partial charge in [-0.15, -0.1) is 11.6 Å². The quantitative estimate of drug-likeness (QED) is 0.767. The van der Waals surface area contributed by atoms with E-state index < -0.39 is 0 Å². The molecular formula is C14H20ClNO. The first kappa shape index (κ1) is 12.7. The van der Waals surface area contributed by atoms with Crippen molar-refractivity contribution in [2.24, 2.45) is 5.92 Å². The molecule has 2 unspecified atom stereocenters. The molecule has 0 aliphatic heterocycles. The van der Waals surface area contributed by atoms with Gasteiger partial charge in [-0.2, -0.15) is 0 Å². The lowest BCUT2D eigenvalue weighted by atomic mass is 9.97. The molecule has 1 aromatic rings. The Morgan fingerprint density at radius 3 is 2.76 bits per heavy atom. The second-order valence-electron chi connectivity index (χ2n) is 4.96. The lowest BCUT2D eigenvalue weighted by molar-refractivity contribution is 0.405. The highest BCUT2D eigenvalue weighted by atomic mass is 35.5. The van der Waals surface area contributed by atoms with Gasteiger partial charge in [0.05, 0.1) is 7.11 Å². The number of methoxy groups -OCH3 is 1. The number of ether oxygens (including phenoxy) is 1. The van der Waals surface area contributed by atoms with E-state index in [1.54, 1.807) is 7.11 Å². The first-order valence-corrected chi connectivity index (χ1v) is 6.70. The summed E-state index contributed by atoms with van der Waals surface area (Å²) >= 11 is 6.33. The Bertz CT molecular complexity index is 405. The zero-order chi connectivity index (χ0) is 12.4. The van der Waals surface area contributed by atoms with Crippen LogP contribution in [0.25, 0.3) is 0 Å². The maximum Gasteiger partial charge on any atom is 0.128 e. The van der Waals surface area contributed by atoms with Crippen LogP contribution in [0.3, 0.4) is 0 Å². The van der Waals surface area contributed by atoms with Crippen molar-refractivity contribution < 1.29 is 4.74 Å². The van der Waals surface area contributed by atoms with Crippen molar-refractivity contribution in [3.8, 4) is 5.75 Å². The summed E-state index contributed by atoms with van der Waals surface area (Å²) in [5.74, 6) is 1.55. The minimum atomic E-state index is 0.323. The Kier molecular flexibility index (Phi) is 3.93. The predicted octanol–water partition coefficient (Wildman–Crippen LogP) is 3.66. The highest BCUT2D eigenvalue weighted by Crippen LogP contribution is 2.34. The molecular weight excluding hydrogens is 234 g/mol. The van der Waals surface area contributed by atoms with Gasteiger partial charge in [-0.05, 0) is 39.0 Å². The summed E-state index contributed by atoms with van der Waals surface area (Å²) in [6.07, 6.45) is 6.51. The largest absolute Gasteiger partial charge is 0.496 e.